The maximum atomic E-state index is 12.8. The first-order chi connectivity index (χ1) is 10.2. The van der Waals surface area contributed by atoms with Crippen LogP contribution in [0.2, 0.25) is 0 Å². The van der Waals surface area contributed by atoms with Gasteiger partial charge in [0, 0.05) is 24.4 Å². The van der Waals surface area contributed by atoms with Crippen LogP contribution in [-0.2, 0) is 13.0 Å². The third-order valence-corrected chi connectivity index (χ3v) is 4.20. The van der Waals surface area contributed by atoms with Crippen LogP contribution in [0.4, 0.5) is 4.39 Å². The van der Waals surface area contributed by atoms with E-state index in [1.54, 1.807) is 23.5 Å². The lowest BCUT2D eigenvalue weighted by Gasteiger charge is -2.08. The summed E-state index contributed by atoms with van der Waals surface area (Å²) >= 11 is 1.66. The fourth-order valence-corrected chi connectivity index (χ4v) is 2.53. The van der Waals surface area contributed by atoms with Crippen molar-refractivity contribution >= 4 is 11.3 Å². The van der Waals surface area contributed by atoms with Gasteiger partial charge in [-0.25, -0.2) is 9.37 Å². The molecule has 21 heavy (non-hydrogen) atoms. The largest absolute Gasteiger partial charge is 0.493 e. The number of thiazole rings is 1. The van der Waals surface area contributed by atoms with Gasteiger partial charge in [-0.3, -0.25) is 0 Å². The van der Waals surface area contributed by atoms with E-state index in [-0.39, 0.29) is 5.82 Å². The Morgan fingerprint density at radius 1 is 1.33 bits per heavy atom. The smallest absolute Gasteiger partial charge is 0.123 e. The highest BCUT2D eigenvalue weighted by Crippen LogP contribution is 2.14. The molecule has 0 saturated carbocycles. The molecule has 1 atom stereocenters. The van der Waals surface area contributed by atoms with Crippen molar-refractivity contribution in [2.75, 3.05) is 6.61 Å². The van der Waals surface area contributed by atoms with Gasteiger partial charge in [-0.1, -0.05) is 6.92 Å². The molecule has 114 valence electrons. The first-order valence-electron chi connectivity index (χ1n) is 7.22. The Morgan fingerprint density at radius 2 is 2.10 bits per heavy atom. The third kappa shape index (κ3) is 5.44. The van der Waals surface area contributed by atoms with Crippen LogP contribution in [0, 0.1) is 5.82 Å². The molecule has 0 aliphatic heterocycles. The summed E-state index contributed by atoms with van der Waals surface area (Å²) < 4.78 is 18.3. The van der Waals surface area contributed by atoms with Gasteiger partial charge < -0.3 is 10.1 Å². The first-order valence-corrected chi connectivity index (χ1v) is 8.10. The van der Waals surface area contributed by atoms with Crippen LogP contribution < -0.4 is 10.1 Å². The van der Waals surface area contributed by atoms with E-state index in [4.69, 9.17) is 4.74 Å². The van der Waals surface area contributed by atoms with Crippen molar-refractivity contribution in [3.8, 4) is 5.75 Å². The van der Waals surface area contributed by atoms with Crippen molar-refractivity contribution in [2.24, 2.45) is 0 Å². The molecular weight excluding hydrogens is 287 g/mol. The van der Waals surface area contributed by atoms with Gasteiger partial charge in [-0.15, -0.1) is 11.3 Å². The number of hydrogen-bond acceptors (Lipinski definition) is 4. The van der Waals surface area contributed by atoms with Crippen molar-refractivity contribution < 1.29 is 9.13 Å². The Labute approximate surface area is 129 Å². The quantitative estimate of drug-likeness (QED) is 0.805. The van der Waals surface area contributed by atoms with Crippen molar-refractivity contribution in [1.82, 2.24) is 10.3 Å². The Hall–Kier alpha value is -1.46. The molecule has 2 rings (SSSR count). The first kappa shape index (κ1) is 15.9. The van der Waals surface area contributed by atoms with Gasteiger partial charge in [-0.05, 0) is 37.6 Å². The highest BCUT2D eigenvalue weighted by molar-refractivity contribution is 7.09. The summed E-state index contributed by atoms with van der Waals surface area (Å²) in [6.07, 6.45) is 1.88. The highest BCUT2D eigenvalue weighted by atomic mass is 32.1. The van der Waals surface area contributed by atoms with Gasteiger partial charge in [0.15, 0.2) is 0 Å². The molecule has 0 bridgehead atoms. The second kappa shape index (κ2) is 8.10. The molecule has 1 heterocycles. The van der Waals surface area contributed by atoms with Crippen LogP contribution in [0.15, 0.2) is 29.6 Å². The standard InChI is InChI=1S/C16H21FN2OS/c1-3-12(2)18-10-14-11-21-16(19-14)8-9-20-15-6-4-13(17)5-7-15/h4-7,11-12,18H,3,8-10H2,1-2H3. The van der Waals surface area contributed by atoms with Crippen molar-refractivity contribution in [3.05, 3.63) is 46.2 Å². The highest BCUT2D eigenvalue weighted by Gasteiger charge is 2.04. The molecule has 3 nitrogen and oxygen atoms in total. The van der Waals surface area contributed by atoms with E-state index in [0.717, 1.165) is 30.1 Å². The molecular formula is C16H21FN2OS. The van der Waals surface area contributed by atoms with Gasteiger partial charge in [0.1, 0.15) is 11.6 Å². The molecule has 1 aromatic carbocycles. The molecule has 0 radical (unpaired) electrons. The SMILES string of the molecule is CCC(C)NCc1csc(CCOc2ccc(F)cc2)n1. The van der Waals surface area contributed by atoms with E-state index in [1.165, 1.54) is 12.1 Å². The number of aromatic nitrogens is 1. The zero-order valence-electron chi connectivity index (χ0n) is 12.4. The van der Waals surface area contributed by atoms with E-state index in [0.29, 0.717) is 18.4 Å². The fourth-order valence-electron chi connectivity index (χ4n) is 1.76. The summed E-state index contributed by atoms with van der Waals surface area (Å²) in [5.74, 6) is 0.437. The summed E-state index contributed by atoms with van der Waals surface area (Å²) in [4.78, 5) is 4.58. The van der Waals surface area contributed by atoms with E-state index in [1.807, 2.05) is 0 Å². The van der Waals surface area contributed by atoms with Crippen molar-refractivity contribution in [1.29, 1.82) is 0 Å². The average Bonchev–Trinajstić information content (AvgIpc) is 2.95. The van der Waals surface area contributed by atoms with Crippen LogP contribution >= 0.6 is 11.3 Å². The number of halogens is 1. The molecule has 0 aliphatic rings. The zero-order valence-corrected chi connectivity index (χ0v) is 13.3. The van der Waals surface area contributed by atoms with Crippen LogP contribution in [-0.4, -0.2) is 17.6 Å². The number of nitrogens with one attached hydrogen (secondary N) is 1. The summed E-state index contributed by atoms with van der Waals surface area (Å²) in [6.45, 7) is 5.70. The summed E-state index contributed by atoms with van der Waals surface area (Å²) in [7, 11) is 0. The number of nitrogens with zero attached hydrogens (tertiary/aromatic N) is 1. The number of hydrogen-bond donors (Lipinski definition) is 1. The van der Waals surface area contributed by atoms with Gasteiger partial charge in [0.05, 0.1) is 17.3 Å². The Bertz CT molecular complexity index is 541. The van der Waals surface area contributed by atoms with Crippen molar-refractivity contribution in [3.63, 3.8) is 0 Å². The molecule has 5 heteroatoms. The molecule has 1 unspecified atom stereocenters. The maximum Gasteiger partial charge on any atom is 0.123 e. The second-order valence-electron chi connectivity index (χ2n) is 4.98. The van der Waals surface area contributed by atoms with Crippen LogP contribution in [0.1, 0.15) is 31.0 Å². The average molecular weight is 308 g/mol. The van der Waals surface area contributed by atoms with Gasteiger partial charge in [-0.2, -0.15) is 0 Å². The van der Waals surface area contributed by atoms with E-state index < -0.39 is 0 Å². The molecule has 0 fully saturated rings. The minimum absolute atomic E-state index is 0.249. The lowest BCUT2D eigenvalue weighted by Crippen LogP contribution is -2.24. The zero-order chi connectivity index (χ0) is 15.1. The summed E-state index contributed by atoms with van der Waals surface area (Å²) in [5.41, 5.74) is 1.08. The molecule has 1 aromatic heterocycles. The van der Waals surface area contributed by atoms with Gasteiger partial charge in [0.25, 0.3) is 0 Å². The second-order valence-corrected chi connectivity index (χ2v) is 5.92. The molecule has 0 spiro atoms. The molecule has 0 aliphatic carbocycles. The lowest BCUT2D eigenvalue weighted by atomic mass is 10.2. The summed E-state index contributed by atoms with van der Waals surface area (Å²) in [6, 6.07) is 6.59. The van der Waals surface area contributed by atoms with Crippen LogP contribution in [0.25, 0.3) is 0 Å². The topological polar surface area (TPSA) is 34.1 Å². The Kier molecular flexibility index (Phi) is 6.14. The number of ether oxygens (including phenoxy) is 1. The van der Waals surface area contributed by atoms with Gasteiger partial charge >= 0.3 is 0 Å². The molecule has 0 saturated heterocycles. The van der Waals surface area contributed by atoms with E-state index in [2.05, 4.69) is 29.5 Å². The molecule has 2 aromatic rings. The monoisotopic (exact) mass is 308 g/mol. The minimum Gasteiger partial charge on any atom is -0.493 e. The predicted octanol–water partition coefficient (Wildman–Crippen LogP) is 3.79. The fraction of sp³-hybridized carbons (Fsp3) is 0.438. The Morgan fingerprint density at radius 3 is 2.81 bits per heavy atom. The summed E-state index contributed by atoms with van der Waals surface area (Å²) in [5, 5.41) is 6.58. The lowest BCUT2D eigenvalue weighted by molar-refractivity contribution is 0.321. The van der Waals surface area contributed by atoms with Crippen LogP contribution in [0.5, 0.6) is 5.75 Å². The molecule has 1 N–H and O–H groups in total. The maximum absolute atomic E-state index is 12.8. The number of benzene rings is 1. The minimum atomic E-state index is -0.249. The van der Waals surface area contributed by atoms with E-state index in [9.17, 15) is 4.39 Å². The normalized spacial score (nSPS) is 12.3. The van der Waals surface area contributed by atoms with Crippen molar-refractivity contribution in [2.45, 2.75) is 39.3 Å². The number of rotatable bonds is 8. The van der Waals surface area contributed by atoms with Crippen LogP contribution in [0.3, 0.4) is 0 Å². The molecule has 0 amide bonds. The van der Waals surface area contributed by atoms with Gasteiger partial charge in [0.2, 0.25) is 0 Å². The van der Waals surface area contributed by atoms with E-state index >= 15 is 0 Å². The third-order valence-electron chi connectivity index (χ3n) is 3.24. The Balaban J connectivity index is 1.73. The predicted molar refractivity (Wildman–Crippen MR) is 84.3 cm³/mol.